The molecule has 0 radical (unpaired) electrons. The van der Waals surface area contributed by atoms with Crippen LogP contribution in [0.15, 0.2) is 0 Å². The van der Waals surface area contributed by atoms with Gasteiger partial charge in [0.2, 0.25) is 0 Å². The molecule has 0 aromatic heterocycles. The lowest BCUT2D eigenvalue weighted by molar-refractivity contribution is 0.0426. The molecule has 0 aromatic carbocycles. The normalized spacial score (nSPS) is 23.2. The van der Waals surface area contributed by atoms with Gasteiger partial charge in [-0.05, 0) is 45.2 Å². The zero-order chi connectivity index (χ0) is 12.0. The number of aliphatic hydroxyl groups is 1. The Kier molecular flexibility index (Phi) is 5.73. The van der Waals surface area contributed by atoms with Gasteiger partial charge in [0.1, 0.15) is 0 Å². The Labute approximate surface area is 100 Å². The number of nitrogens with two attached hydrogens (primary N) is 1. The molecule has 3 N–H and O–H groups in total. The molecule has 0 bridgehead atoms. The van der Waals surface area contributed by atoms with E-state index in [4.69, 9.17) is 5.73 Å². The summed E-state index contributed by atoms with van der Waals surface area (Å²) in [6.45, 7) is 7.85. The average Bonchev–Trinajstić information content (AvgIpc) is 2.29. The average molecular weight is 228 g/mol. The lowest BCUT2D eigenvalue weighted by Gasteiger charge is -2.33. The first-order chi connectivity index (χ1) is 7.57. The van der Waals surface area contributed by atoms with E-state index < -0.39 is 5.60 Å². The van der Waals surface area contributed by atoms with Crippen LogP contribution in [0.3, 0.4) is 0 Å². The van der Waals surface area contributed by atoms with Crippen LogP contribution in [-0.4, -0.2) is 41.8 Å². The third-order valence-electron chi connectivity index (χ3n) is 3.81. The maximum absolute atomic E-state index is 9.84. The predicted octanol–water partition coefficient (Wildman–Crippen LogP) is 1.60. The highest BCUT2D eigenvalue weighted by molar-refractivity contribution is 4.78. The van der Waals surface area contributed by atoms with Crippen LogP contribution < -0.4 is 5.73 Å². The topological polar surface area (TPSA) is 49.5 Å². The van der Waals surface area contributed by atoms with Gasteiger partial charge in [-0.1, -0.05) is 19.8 Å². The van der Waals surface area contributed by atoms with Crippen LogP contribution in [0.25, 0.3) is 0 Å². The van der Waals surface area contributed by atoms with Gasteiger partial charge in [0.25, 0.3) is 0 Å². The van der Waals surface area contributed by atoms with Crippen molar-refractivity contribution in [1.29, 1.82) is 0 Å². The maximum atomic E-state index is 9.84. The highest BCUT2D eigenvalue weighted by atomic mass is 16.3. The number of hydrogen-bond donors (Lipinski definition) is 2. The molecule has 0 aliphatic carbocycles. The van der Waals surface area contributed by atoms with Crippen molar-refractivity contribution in [2.75, 3.05) is 26.2 Å². The molecule has 1 aliphatic rings. The smallest absolute Gasteiger partial charge is 0.0753 e. The minimum Gasteiger partial charge on any atom is -0.389 e. The second-order valence-electron chi connectivity index (χ2n) is 5.52. The molecule has 0 spiro atoms. The van der Waals surface area contributed by atoms with Gasteiger partial charge in [0, 0.05) is 13.1 Å². The van der Waals surface area contributed by atoms with E-state index in [2.05, 4.69) is 11.8 Å². The molecule has 1 unspecified atom stereocenters. The van der Waals surface area contributed by atoms with Gasteiger partial charge in [-0.3, -0.25) is 0 Å². The summed E-state index contributed by atoms with van der Waals surface area (Å²) in [5, 5.41) is 9.84. The summed E-state index contributed by atoms with van der Waals surface area (Å²) in [5.74, 6) is 0.941. The molecule has 1 heterocycles. The summed E-state index contributed by atoms with van der Waals surface area (Å²) in [4.78, 5) is 2.47. The largest absolute Gasteiger partial charge is 0.389 e. The molecule has 16 heavy (non-hydrogen) atoms. The van der Waals surface area contributed by atoms with Crippen molar-refractivity contribution in [2.45, 2.75) is 51.6 Å². The molecule has 96 valence electrons. The first-order valence-electron chi connectivity index (χ1n) is 6.72. The minimum atomic E-state index is -0.680. The molecule has 0 aromatic rings. The standard InChI is InChI=1S/C13H28N2O/c1-3-4-12-5-8-15(9-6-12)10-7-13(2,16)11-14/h12,16H,3-11,14H2,1-2H3. The van der Waals surface area contributed by atoms with E-state index in [1.807, 2.05) is 6.92 Å². The maximum Gasteiger partial charge on any atom is 0.0753 e. The lowest BCUT2D eigenvalue weighted by atomic mass is 9.92. The molecule has 3 heteroatoms. The summed E-state index contributed by atoms with van der Waals surface area (Å²) in [7, 11) is 0. The fourth-order valence-corrected chi connectivity index (χ4v) is 2.41. The zero-order valence-corrected chi connectivity index (χ0v) is 10.9. The van der Waals surface area contributed by atoms with Crippen molar-refractivity contribution in [3.8, 4) is 0 Å². The number of hydrogen-bond acceptors (Lipinski definition) is 3. The Morgan fingerprint density at radius 3 is 2.50 bits per heavy atom. The zero-order valence-electron chi connectivity index (χ0n) is 10.9. The van der Waals surface area contributed by atoms with Crippen molar-refractivity contribution in [2.24, 2.45) is 11.7 Å². The van der Waals surface area contributed by atoms with E-state index >= 15 is 0 Å². The van der Waals surface area contributed by atoms with E-state index in [1.54, 1.807) is 0 Å². The SMILES string of the molecule is CCCC1CCN(CCC(C)(O)CN)CC1. The number of rotatable bonds is 6. The quantitative estimate of drug-likeness (QED) is 0.726. The first kappa shape index (κ1) is 13.9. The Hall–Kier alpha value is -0.120. The molecule has 1 rings (SSSR count). The number of likely N-dealkylation sites (tertiary alicyclic amines) is 1. The van der Waals surface area contributed by atoms with Crippen LogP contribution >= 0.6 is 0 Å². The predicted molar refractivity (Wildman–Crippen MR) is 68.4 cm³/mol. The van der Waals surface area contributed by atoms with Gasteiger partial charge in [-0.25, -0.2) is 0 Å². The van der Waals surface area contributed by atoms with E-state index in [-0.39, 0.29) is 0 Å². The van der Waals surface area contributed by atoms with Crippen molar-refractivity contribution >= 4 is 0 Å². The molecule has 1 fully saturated rings. The van der Waals surface area contributed by atoms with Gasteiger partial charge in [0.05, 0.1) is 5.60 Å². The van der Waals surface area contributed by atoms with Gasteiger partial charge < -0.3 is 15.7 Å². The molecule has 1 atom stereocenters. The molecule has 0 saturated carbocycles. The first-order valence-corrected chi connectivity index (χ1v) is 6.72. The third kappa shape index (κ3) is 4.81. The van der Waals surface area contributed by atoms with Crippen LogP contribution in [0.1, 0.15) is 46.0 Å². The van der Waals surface area contributed by atoms with Crippen LogP contribution in [0.2, 0.25) is 0 Å². The third-order valence-corrected chi connectivity index (χ3v) is 3.81. The Bertz CT molecular complexity index is 186. The van der Waals surface area contributed by atoms with Crippen molar-refractivity contribution in [3.05, 3.63) is 0 Å². The van der Waals surface area contributed by atoms with Crippen molar-refractivity contribution in [1.82, 2.24) is 4.90 Å². The fraction of sp³-hybridized carbons (Fsp3) is 1.00. The summed E-state index contributed by atoms with van der Waals surface area (Å²) >= 11 is 0. The second kappa shape index (κ2) is 6.58. The van der Waals surface area contributed by atoms with E-state index in [9.17, 15) is 5.11 Å². The fourth-order valence-electron chi connectivity index (χ4n) is 2.41. The van der Waals surface area contributed by atoms with Crippen molar-refractivity contribution < 1.29 is 5.11 Å². The highest BCUT2D eigenvalue weighted by Crippen LogP contribution is 2.22. The Morgan fingerprint density at radius 2 is 2.00 bits per heavy atom. The van der Waals surface area contributed by atoms with Crippen LogP contribution in [0, 0.1) is 5.92 Å². The summed E-state index contributed by atoms with van der Waals surface area (Å²) in [6, 6.07) is 0. The van der Waals surface area contributed by atoms with Crippen LogP contribution in [-0.2, 0) is 0 Å². The summed E-state index contributed by atoms with van der Waals surface area (Å²) < 4.78 is 0. The van der Waals surface area contributed by atoms with Crippen LogP contribution in [0.4, 0.5) is 0 Å². The van der Waals surface area contributed by atoms with E-state index in [0.717, 1.165) is 18.9 Å². The van der Waals surface area contributed by atoms with E-state index in [0.29, 0.717) is 6.54 Å². The Morgan fingerprint density at radius 1 is 1.38 bits per heavy atom. The molecule has 1 saturated heterocycles. The summed E-state index contributed by atoms with van der Waals surface area (Å²) in [5.41, 5.74) is 4.83. The monoisotopic (exact) mass is 228 g/mol. The van der Waals surface area contributed by atoms with Gasteiger partial charge in [-0.2, -0.15) is 0 Å². The molecular formula is C13H28N2O. The minimum absolute atomic E-state index is 0.360. The molecule has 1 aliphatic heterocycles. The van der Waals surface area contributed by atoms with Gasteiger partial charge >= 0.3 is 0 Å². The van der Waals surface area contributed by atoms with Crippen molar-refractivity contribution in [3.63, 3.8) is 0 Å². The van der Waals surface area contributed by atoms with E-state index in [1.165, 1.54) is 38.8 Å². The summed E-state index contributed by atoms with van der Waals surface area (Å²) in [6.07, 6.45) is 6.15. The highest BCUT2D eigenvalue weighted by Gasteiger charge is 2.22. The van der Waals surface area contributed by atoms with Gasteiger partial charge in [0.15, 0.2) is 0 Å². The van der Waals surface area contributed by atoms with Gasteiger partial charge in [-0.15, -0.1) is 0 Å². The number of piperidine rings is 1. The molecule has 3 nitrogen and oxygen atoms in total. The molecular weight excluding hydrogens is 200 g/mol. The lowest BCUT2D eigenvalue weighted by Crippen LogP contribution is -2.41. The number of nitrogens with zero attached hydrogens (tertiary/aromatic N) is 1. The van der Waals surface area contributed by atoms with Crippen LogP contribution in [0.5, 0.6) is 0 Å². The second-order valence-corrected chi connectivity index (χ2v) is 5.52. The molecule has 0 amide bonds. The Balaban J connectivity index is 2.17.